The predicted molar refractivity (Wildman–Crippen MR) is 77.7 cm³/mol. The first-order valence-corrected chi connectivity index (χ1v) is 7.19. The fourth-order valence-corrected chi connectivity index (χ4v) is 2.74. The standard InChI is InChI=1S/C14H19N3S/c1-3-4-14-16-8-12(17-14)9-18-13-6-5-11(15)7-10(13)2/h5-8H,3-4,9,15H2,1-2H3,(H,16,17). The number of nitrogens with two attached hydrogens (primary N) is 1. The Hall–Kier alpha value is -1.42. The highest BCUT2D eigenvalue weighted by Crippen LogP contribution is 2.26. The van der Waals surface area contributed by atoms with Crippen LogP contribution in [0.4, 0.5) is 5.69 Å². The highest BCUT2D eigenvalue weighted by atomic mass is 32.2. The smallest absolute Gasteiger partial charge is 0.106 e. The van der Waals surface area contributed by atoms with Gasteiger partial charge in [0.15, 0.2) is 0 Å². The minimum atomic E-state index is 0.823. The van der Waals surface area contributed by atoms with Gasteiger partial charge in [0, 0.05) is 34.6 Å². The first-order valence-electron chi connectivity index (χ1n) is 6.20. The zero-order valence-electron chi connectivity index (χ0n) is 10.9. The summed E-state index contributed by atoms with van der Waals surface area (Å²) >= 11 is 1.81. The van der Waals surface area contributed by atoms with E-state index in [4.69, 9.17) is 5.73 Å². The van der Waals surface area contributed by atoms with Crippen LogP contribution in [-0.4, -0.2) is 9.97 Å². The summed E-state index contributed by atoms with van der Waals surface area (Å²) in [6.07, 6.45) is 4.08. The Labute approximate surface area is 112 Å². The number of aromatic nitrogens is 2. The van der Waals surface area contributed by atoms with E-state index >= 15 is 0 Å². The van der Waals surface area contributed by atoms with E-state index in [0.717, 1.165) is 30.1 Å². The minimum absolute atomic E-state index is 0.823. The molecule has 0 spiro atoms. The van der Waals surface area contributed by atoms with Crippen LogP contribution in [0.25, 0.3) is 0 Å². The van der Waals surface area contributed by atoms with Crippen LogP contribution in [0, 0.1) is 6.92 Å². The van der Waals surface area contributed by atoms with Gasteiger partial charge in [0.25, 0.3) is 0 Å². The summed E-state index contributed by atoms with van der Waals surface area (Å²) in [4.78, 5) is 9.00. The van der Waals surface area contributed by atoms with E-state index in [1.807, 2.05) is 30.1 Å². The molecule has 0 radical (unpaired) electrons. The van der Waals surface area contributed by atoms with Gasteiger partial charge in [-0.05, 0) is 37.1 Å². The van der Waals surface area contributed by atoms with Gasteiger partial charge in [-0.2, -0.15) is 0 Å². The number of benzene rings is 1. The van der Waals surface area contributed by atoms with E-state index in [-0.39, 0.29) is 0 Å². The largest absolute Gasteiger partial charge is 0.399 e. The van der Waals surface area contributed by atoms with Crippen LogP contribution in [0.15, 0.2) is 29.3 Å². The molecule has 1 aromatic carbocycles. The number of hydrogen-bond donors (Lipinski definition) is 2. The van der Waals surface area contributed by atoms with E-state index < -0.39 is 0 Å². The van der Waals surface area contributed by atoms with Gasteiger partial charge < -0.3 is 10.7 Å². The van der Waals surface area contributed by atoms with E-state index in [1.54, 1.807) is 0 Å². The van der Waals surface area contributed by atoms with Gasteiger partial charge in [-0.25, -0.2) is 4.98 Å². The van der Waals surface area contributed by atoms with Crippen molar-refractivity contribution in [1.82, 2.24) is 9.97 Å². The van der Waals surface area contributed by atoms with Crippen molar-refractivity contribution in [3.05, 3.63) is 41.5 Å². The van der Waals surface area contributed by atoms with Crippen LogP contribution in [0.5, 0.6) is 0 Å². The van der Waals surface area contributed by atoms with Crippen LogP contribution < -0.4 is 5.73 Å². The topological polar surface area (TPSA) is 54.7 Å². The zero-order chi connectivity index (χ0) is 13.0. The average molecular weight is 261 g/mol. The lowest BCUT2D eigenvalue weighted by molar-refractivity contribution is 0.853. The lowest BCUT2D eigenvalue weighted by Crippen LogP contribution is -1.89. The molecule has 0 amide bonds. The Morgan fingerprint density at radius 1 is 1.39 bits per heavy atom. The first-order chi connectivity index (χ1) is 8.69. The number of rotatable bonds is 5. The molecular weight excluding hydrogens is 242 g/mol. The molecule has 0 unspecified atom stereocenters. The normalized spacial score (nSPS) is 10.8. The van der Waals surface area contributed by atoms with Gasteiger partial charge in [0.1, 0.15) is 5.82 Å². The van der Waals surface area contributed by atoms with Gasteiger partial charge in [-0.1, -0.05) is 6.92 Å². The van der Waals surface area contributed by atoms with Gasteiger partial charge in [-0.3, -0.25) is 0 Å². The fourth-order valence-electron chi connectivity index (χ4n) is 1.83. The molecule has 0 atom stereocenters. The van der Waals surface area contributed by atoms with Gasteiger partial charge in [0.2, 0.25) is 0 Å². The summed E-state index contributed by atoms with van der Waals surface area (Å²) in [6, 6.07) is 6.04. The Bertz CT molecular complexity index is 520. The third-order valence-corrected chi connectivity index (χ3v) is 3.97. The molecule has 96 valence electrons. The number of aromatic amines is 1. The predicted octanol–water partition coefficient (Wildman–Crippen LogP) is 3.55. The number of imidazole rings is 1. The second-order valence-corrected chi connectivity index (χ2v) is 5.44. The van der Waals surface area contributed by atoms with Crippen LogP contribution in [0.3, 0.4) is 0 Å². The molecule has 0 bridgehead atoms. The molecule has 0 fully saturated rings. The molecule has 2 rings (SSSR count). The maximum Gasteiger partial charge on any atom is 0.106 e. The SMILES string of the molecule is CCCc1ncc(CSc2ccc(N)cc2C)[nH]1. The quantitative estimate of drug-likeness (QED) is 0.639. The zero-order valence-corrected chi connectivity index (χ0v) is 11.7. The molecule has 3 N–H and O–H groups in total. The van der Waals surface area contributed by atoms with E-state index in [1.165, 1.54) is 16.2 Å². The number of aryl methyl sites for hydroxylation is 2. The molecule has 2 aromatic rings. The molecule has 1 heterocycles. The van der Waals surface area contributed by atoms with Crippen LogP contribution in [0.1, 0.15) is 30.4 Å². The lowest BCUT2D eigenvalue weighted by atomic mass is 10.2. The first kappa shape index (κ1) is 13.0. The average Bonchev–Trinajstić information content (AvgIpc) is 2.76. The fraction of sp³-hybridized carbons (Fsp3) is 0.357. The van der Waals surface area contributed by atoms with E-state index in [9.17, 15) is 0 Å². The number of H-pyrrole nitrogens is 1. The molecule has 4 heteroatoms. The molecule has 0 aliphatic rings. The number of anilines is 1. The van der Waals surface area contributed by atoms with Gasteiger partial charge in [-0.15, -0.1) is 11.8 Å². The van der Waals surface area contributed by atoms with Crippen molar-refractivity contribution in [3.63, 3.8) is 0 Å². The molecule has 1 aromatic heterocycles. The highest BCUT2D eigenvalue weighted by molar-refractivity contribution is 7.98. The number of nitrogens with zero attached hydrogens (tertiary/aromatic N) is 1. The summed E-state index contributed by atoms with van der Waals surface area (Å²) in [5.74, 6) is 2.00. The number of thioether (sulfide) groups is 1. The maximum atomic E-state index is 5.75. The monoisotopic (exact) mass is 261 g/mol. The molecule has 0 aliphatic heterocycles. The third-order valence-electron chi connectivity index (χ3n) is 2.75. The summed E-state index contributed by atoms with van der Waals surface area (Å²) in [7, 11) is 0. The summed E-state index contributed by atoms with van der Waals surface area (Å²) in [6.45, 7) is 4.25. The third kappa shape index (κ3) is 3.29. The van der Waals surface area contributed by atoms with Crippen molar-refractivity contribution >= 4 is 17.4 Å². The van der Waals surface area contributed by atoms with Crippen molar-refractivity contribution in [2.24, 2.45) is 0 Å². The van der Waals surface area contributed by atoms with E-state index in [2.05, 4.69) is 29.9 Å². The minimum Gasteiger partial charge on any atom is -0.399 e. The number of nitrogen functional groups attached to an aromatic ring is 1. The second kappa shape index (κ2) is 5.96. The van der Waals surface area contributed by atoms with Crippen LogP contribution in [0.2, 0.25) is 0 Å². The van der Waals surface area contributed by atoms with Crippen molar-refractivity contribution in [2.75, 3.05) is 5.73 Å². The Morgan fingerprint density at radius 2 is 2.22 bits per heavy atom. The molecule has 0 saturated carbocycles. The summed E-state index contributed by atoms with van der Waals surface area (Å²) < 4.78 is 0. The molecule has 0 aliphatic carbocycles. The Balaban J connectivity index is 1.97. The molecule has 0 saturated heterocycles. The summed E-state index contributed by atoms with van der Waals surface area (Å²) in [5, 5.41) is 0. The van der Waals surface area contributed by atoms with Crippen molar-refractivity contribution in [1.29, 1.82) is 0 Å². The molecular formula is C14H19N3S. The number of nitrogens with one attached hydrogen (secondary N) is 1. The maximum absolute atomic E-state index is 5.75. The Morgan fingerprint density at radius 3 is 2.94 bits per heavy atom. The van der Waals surface area contributed by atoms with Gasteiger partial charge >= 0.3 is 0 Å². The molecule has 3 nitrogen and oxygen atoms in total. The van der Waals surface area contributed by atoms with Crippen LogP contribution >= 0.6 is 11.8 Å². The number of hydrogen-bond acceptors (Lipinski definition) is 3. The van der Waals surface area contributed by atoms with Crippen molar-refractivity contribution < 1.29 is 0 Å². The van der Waals surface area contributed by atoms with Crippen LogP contribution in [-0.2, 0) is 12.2 Å². The van der Waals surface area contributed by atoms with Gasteiger partial charge in [0.05, 0.1) is 0 Å². The van der Waals surface area contributed by atoms with Crippen molar-refractivity contribution in [2.45, 2.75) is 37.3 Å². The Kier molecular flexibility index (Phi) is 4.31. The summed E-state index contributed by atoms with van der Waals surface area (Å²) in [5.41, 5.74) is 8.98. The molecule has 18 heavy (non-hydrogen) atoms. The highest BCUT2D eigenvalue weighted by Gasteiger charge is 2.03. The van der Waals surface area contributed by atoms with E-state index in [0.29, 0.717) is 0 Å². The lowest BCUT2D eigenvalue weighted by Gasteiger charge is -2.05. The van der Waals surface area contributed by atoms with Crippen molar-refractivity contribution in [3.8, 4) is 0 Å². The second-order valence-electron chi connectivity index (χ2n) is 4.42.